The fourth-order valence-corrected chi connectivity index (χ4v) is 2.52. The van der Waals surface area contributed by atoms with Gasteiger partial charge in [0.15, 0.2) is 12.4 Å². The Kier molecular flexibility index (Phi) is 4.08. The Hall–Kier alpha value is -2.45. The predicted molar refractivity (Wildman–Crippen MR) is 83.7 cm³/mol. The van der Waals surface area contributed by atoms with Gasteiger partial charge in [0.25, 0.3) is 0 Å². The molecule has 0 saturated heterocycles. The van der Waals surface area contributed by atoms with E-state index in [4.69, 9.17) is 0 Å². The summed E-state index contributed by atoms with van der Waals surface area (Å²) in [5, 5.41) is 9.70. The van der Waals surface area contributed by atoms with Gasteiger partial charge in [0.05, 0.1) is 0 Å². The van der Waals surface area contributed by atoms with E-state index in [0.29, 0.717) is 0 Å². The Balaban J connectivity index is 1.90. The van der Waals surface area contributed by atoms with Crippen molar-refractivity contribution in [2.75, 3.05) is 6.61 Å². The van der Waals surface area contributed by atoms with Crippen LogP contribution in [0.3, 0.4) is 0 Å². The van der Waals surface area contributed by atoms with E-state index in [0.717, 1.165) is 5.56 Å². The van der Waals surface area contributed by atoms with E-state index in [1.54, 1.807) is 0 Å². The summed E-state index contributed by atoms with van der Waals surface area (Å²) >= 11 is 0. The smallest absolute Gasteiger partial charge is 0.206 e. The van der Waals surface area contributed by atoms with Crippen LogP contribution in [0.2, 0.25) is 0 Å². The van der Waals surface area contributed by atoms with Crippen LogP contribution in [0.1, 0.15) is 11.6 Å². The van der Waals surface area contributed by atoms with Gasteiger partial charge in [-0.2, -0.15) is 4.57 Å². The zero-order valence-electron chi connectivity index (χ0n) is 11.8. The zero-order chi connectivity index (χ0) is 14.5. The number of hydrogen-bond acceptors (Lipinski definition) is 1. The molecular formula is C19H18NO+. The molecule has 0 amide bonds. The summed E-state index contributed by atoms with van der Waals surface area (Å²) < 4.78 is 2.04. The lowest BCUT2D eigenvalue weighted by Crippen LogP contribution is -2.41. The van der Waals surface area contributed by atoms with Gasteiger partial charge in [-0.15, -0.1) is 0 Å². The van der Waals surface area contributed by atoms with Crippen molar-refractivity contribution < 1.29 is 9.67 Å². The van der Waals surface area contributed by atoms with Crippen LogP contribution in [0.15, 0.2) is 85.2 Å². The number of aliphatic hydroxyl groups is 1. The number of aliphatic hydroxyl groups excluding tert-OH is 1. The SMILES string of the molecule is OCC(c1ccccc1)[n+]1ccc(-c2ccccc2)cc1. The van der Waals surface area contributed by atoms with Crippen molar-refractivity contribution in [2.45, 2.75) is 6.04 Å². The normalized spacial score (nSPS) is 12.0. The highest BCUT2D eigenvalue weighted by atomic mass is 16.3. The Morgan fingerprint density at radius 1 is 0.714 bits per heavy atom. The molecular weight excluding hydrogens is 258 g/mol. The molecule has 0 fully saturated rings. The fourth-order valence-electron chi connectivity index (χ4n) is 2.52. The molecule has 3 aromatic rings. The highest BCUT2D eigenvalue weighted by Crippen LogP contribution is 2.18. The first-order valence-corrected chi connectivity index (χ1v) is 7.10. The first kappa shape index (κ1) is 13.5. The Bertz CT molecular complexity index is 678. The third-order valence-electron chi connectivity index (χ3n) is 3.68. The van der Waals surface area contributed by atoms with E-state index in [1.807, 2.05) is 65.5 Å². The standard InChI is InChI=1S/C19H18NO/c21-15-19(18-9-5-2-6-10-18)20-13-11-17(12-14-20)16-7-3-1-4-8-16/h1-14,19,21H,15H2/q+1. The average Bonchev–Trinajstić information content (AvgIpc) is 2.58. The number of rotatable bonds is 4. The molecule has 0 bridgehead atoms. The van der Waals surface area contributed by atoms with E-state index in [2.05, 4.69) is 24.3 Å². The van der Waals surface area contributed by atoms with Crippen LogP contribution in [0, 0.1) is 0 Å². The second kappa shape index (κ2) is 6.33. The minimum Gasteiger partial charge on any atom is -0.389 e. The van der Waals surface area contributed by atoms with Gasteiger partial charge in [-0.3, -0.25) is 0 Å². The molecule has 0 aliphatic heterocycles. The molecule has 1 unspecified atom stereocenters. The van der Waals surface area contributed by atoms with Gasteiger partial charge in [-0.1, -0.05) is 60.7 Å². The molecule has 1 N–H and O–H groups in total. The van der Waals surface area contributed by atoms with Gasteiger partial charge < -0.3 is 5.11 Å². The molecule has 2 heteroatoms. The van der Waals surface area contributed by atoms with Crippen molar-refractivity contribution >= 4 is 0 Å². The van der Waals surface area contributed by atoms with Gasteiger partial charge in [-0.05, 0) is 11.1 Å². The number of nitrogens with zero attached hydrogens (tertiary/aromatic N) is 1. The highest BCUT2D eigenvalue weighted by Gasteiger charge is 2.19. The van der Waals surface area contributed by atoms with Gasteiger partial charge in [0, 0.05) is 17.7 Å². The quantitative estimate of drug-likeness (QED) is 0.727. The molecule has 0 radical (unpaired) electrons. The molecule has 1 atom stereocenters. The Morgan fingerprint density at radius 2 is 1.24 bits per heavy atom. The second-order valence-electron chi connectivity index (χ2n) is 5.01. The van der Waals surface area contributed by atoms with Crippen molar-refractivity contribution in [3.63, 3.8) is 0 Å². The van der Waals surface area contributed by atoms with Crippen molar-refractivity contribution in [1.82, 2.24) is 0 Å². The molecule has 0 aliphatic carbocycles. The van der Waals surface area contributed by atoms with Crippen molar-refractivity contribution in [2.24, 2.45) is 0 Å². The summed E-state index contributed by atoms with van der Waals surface area (Å²) in [6, 6.07) is 24.5. The molecule has 0 saturated carbocycles. The van der Waals surface area contributed by atoms with Crippen molar-refractivity contribution in [1.29, 1.82) is 0 Å². The maximum absolute atomic E-state index is 9.70. The van der Waals surface area contributed by atoms with E-state index in [9.17, 15) is 5.11 Å². The van der Waals surface area contributed by atoms with Crippen LogP contribution >= 0.6 is 0 Å². The lowest BCUT2D eigenvalue weighted by atomic mass is 10.1. The minimum absolute atomic E-state index is 0.0453. The van der Waals surface area contributed by atoms with Gasteiger partial charge in [-0.25, -0.2) is 0 Å². The lowest BCUT2D eigenvalue weighted by molar-refractivity contribution is -0.715. The van der Waals surface area contributed by atoms with Gasteiger partial charge >= 0.3 is 0 Å². The topological polar surface area (TPSA) is 24.1 Å². The lowest BCUT2D eigenvalue weighted by Gasteiger charge is -2.10. The summed E-state index contributed by atoms with van der Waals surface area (Å²) in [6.45, 7) is 0.0827. The van der Waals surface area contributed by atoms with Gasteiger partial charge in [0.1, 0.15) is 6.61 Å². The Labute approximate surface area is 124 Å². The minimum atomic E-state index is -0.0453. The molecule has 3 rings (SSSR count). The van der Waals surface area contributed by atoms with Crippen molar-refractivity contribution in [3.8, 4) is 11.1 Å². The van der Waals surface area contributed by atoms with E-state index >= 15 is 0 Å². The third kappa shape index (κ3) is 3.01. The van der Waals surface area contributed by atoms with E-state index < -0.39 is 0 Å². The van der Waals surface area contributed by atoms with Gasteiger partial charge in [0.2, 0.25) is 6.04 Å². The second-order valence-corrected chi connectivity index (χ2v) is 5.01. The van der Waals surface area contributed by atoms with Crippen LogP contribution in [0.5, 0.6) is 0 Å². The van der Waals surface area contributed by atoms with Crippen LogP contribution in [0.25, 0.3) is 11.1 Å². The molecule has 104 valence electrons. The molecule has 1 aromatic heterocycles. The molecule has 2 aromatic carbocycles. The number of benzene rings is 2. The molecule has 0 spiro atoms. The maximum atomic E-state index is 9.70. The molecule has 0 aliphatic rings. The highest BCUT2D eigenvalue weighted by molar-refractivity contribution is 5.61. The van der Waals surface area contributed by atoms with Crippen LogP contribution < -0.4 is 4.57 Å². The number of pyridine rings is 1. The fraction of sp³-hybridized carbons (Fsp3) is 0.105. The molecule has 21 heavy (non-hydrogen) atoms. The van der Waals surface area contributed by atoms with E-state index in [-0.39, 0.29) is 12.6 Å². The average molecular weight is 276 g/mol. The van der Waals surface area contributed by atoms with Crippen LogP contribution in [-0.4, -0.2) is 11.7 Å². The first-order chi connectivity index (χ1) is 10.4. The zero-order valence-corrected chi connectivity index (χ0v) is 11.8. The number of aromatic nitrogens is 1. The monoisotopic (exact) mass is 276 g/mol. The van der Waals surface area contributed by atoms with Crippen molar-refractivity contribution in [3.05, 3.63) is 90.8 Å². The van der Waals surface area contributed by atoms with E-state index in [1.165, 1.54) is 11.1 Å². The third-order valence-corrected chi connectivity index (χ3v) is 3.68. The maximum Gasteiger partial charge on any atom is 0.206 e. The molecule has 1 heterocycles. The first-order valence-electron chi connectivity index (χ1n) is 7.10. The van der Waals surface area contributed by atoms with Crippen LogP contribution in [0.4, 0.5) is 0 Å². The summed E-state index contributed by atoms with van der Waals surface area (Å²) in [5.41, 5.74) is 3.49. The largest absolute Gasteiger partial charge is 0.389 e. The Morgan fingerprint density at radius 3 is 1.81 bits per heavy atom. The summed E-state index contributed by atoms with van der Waals surface area (Å²) in [4.78, 5) is 0. The predicted octanol–water partition coefficient (Wildman–Crippen LogP) is 3.22. The summed E-state index contributed by atoms with van der Waals surface area (Å²) in [5.74, 6) is 0. The molecule has 2 nitrogen and oxygen atoms in total. The number of hydrogen-bond donors (Lipinski definition) is 1. The summed E-state index contributed by atoms with van der Waals surface area (Å²) in [7, 11) is 0. The van der Waals surface area contributed by atoms with Crippen LogP contribution in [-0.2, 0) is 0 Å². The summed E-state index contributed by atoms with van der Waals surface area (Å²) in [6.07, 6.45) is 4.05.